The Bertz CT molecular complexity index is 442. The minimum absolute atomic E-state index is 0.149. The summed E-state index contributed by atoms with van der Waals surface area (Å²) in [5, 5.41) is 8.93. The second-order valence-electron chi connectivity index (χ2n) is 5.51. The van der Waals surface area contributed by atoms with Gasteiger partial charge in [0.1, 0.15) is 0 Å². The van der Waals surface area contributed by atoms with Crippen molar-refractivity contribution in [3.05, 3.63) is 35.4 Å². The van der Waals surface area contributed by atoms with Crippen LogP contribution in [0.1, 0.15) is 35.2 Å². The zero-order valence-corrected chi connectivity index (χ0v) is 12.2. The lowest BCUT2D eigenvalue weighted by Gasteiger charge is -2.27. The molecular weight excluding hydrogens is 252 g/mol. The van der Waals surface area contributed by atoms with Gasteiger partial charge in [-0.25, -0.2) is 0 Å². The third kappa shape index (κ3) is 4.05. The van der Waals surface area contributed by atoms with Gasteiger partial charge in [0.25, 0.3) is 5.91 Å². The van der Waals surface area contributed by atoms with Crippen molar-refractivity contribution in [2.45, 2.75) is 25.8 Å². The van der Waals surface area contributed by atoms with E-state index in [2.05, 4.69) is 0 Å². The first-order chi connectivity index (χ1) is 9.70. The van der Waals surface area contributed by atoms with Crippen molar-refractivity contribution < 1.29 is 9.90 Å². The van der Waals surface area contributed by atoms with Crippen LogP contribution in [0.25, 0.3) is 0 Å². The molecule has 110 valence electrons. The summed E-state index contributed by atoms with van der Waals surface area (Å²) in [7, 11) is 1.97. The quantitative estimate of drug-likeness (QED) is 0.891. The number of piperidine rings is 1. The summed E-state index contributed by atoms with van der Waals surface area (Å²) in [6.45, 7) is 3.32. The Morgan fingerprint density at radius 3 is 2.75 bits per heavy atom. The number of carbonyl (C=O) groups excluding carboxylic acids is 1. The average Bonchev–Trinajstić information content (AvgIpc) is 2.48. The highest BCUT2D eigenvalue weighted by molar-refractivity contribution is 5.94. The number of amides is 1. The maximum Gasteiger partial charge on any atom is 0.253 e. The van der Waals surface area contributed by atoms with Gasteiger partial charge in [0, 0.05) is 31.7 Å². The maximum atomic E-state index is 12.4. The molecule has 2 rings (SSSR count). The smallest absolute Gasteiger partial charge is 0.253 e. The third-order valence-electron chi connectivity index (χ3n) is 3.75. The summed E-state index contributed by atoms with van der Waals surface area (Å²) in [4.78, 5) is 16.4. The highest BCUT2D eigenvalue weighted by atomic mass is 16.3. The van der Waals surface area contributed by atoms with Crippen molar-refractivity contribution >= 4 is 5.91 Å². The molecule has 4 nitrogen and oxygen atoms in total. The summed E-state index contributed by atoms with van der Waals surface area (Å²) in [5.41, 5.74) is 1.89. The van der Waals surface area contributed by atoms with Crippen LogP contribution >= 0.6 is 0 Å². The van der Waals surface area contributed by atoms with Gasteiger partial charge in [0.2, 0.25) is 0 Å². The molecule has 0 saturated carbocycles. The lowest BCUT2D eigenvalue weighted by molar-refractivity contribution is 0.0724. The Labute approximate surface area is 121 Å². The number of hydrogen-bond acceptors (Lipinski definition) is 3. The number of aliphatic hydroxyl groups excluding tert-OH is 1. The van der Waals surface area contributed by atoms with Crippen LogP contribution in [0.15, 0.2) is 24.3 Å². The molecule has 0 bridgehead atoms. The lowest BCUT2D eigenvalue weighted by atomic mass is 10.1. The monoisotopic (exact) mass is 276 g/mol. The number of aliphatic hydroxyl groups is 1. The van der Waals surface area contributed by atoms with Crippen molar-refractivity contribution in [1.82, 2.24) is 9.80 Å². The van der Waals surface area contributed by atoms with Gasteiger partial charge in [-0.2, -0.15) is 0 Å². The van der Waals surface area contributed by atoms with Crippen molar-refractivity contribution in [3.63, 3.8) is 0 Å². The zero-order chi connectivity index (χ0) is 14.4. The molecule has 1 heterocycles. The normalized spacial score (nSPS) is 15.7. The predicted octanol–water partition coefficient (Wildman–Crippen LogP) is 1.74. The molecule has 1 aliphatic heterocycles. The lowest BCUT2D eigenvalue weighted by Crippen LogP contribution is -2.35. The van der Waals surface area contributed by atoms with E-state index in [9.17, 15) is 4.79 Å². The van der Waals surface area contributed by atoms with Crippen LogP contribution in [0.3, 0.4) is 0 Å². The summed E-state index contributed by atoms with van der Waals surface area (Å²) < 4.78 is 0. The van der Waals surface area contributed by atoms with Crippen molar-refractivity contribution in [3.8, 4) is 0 Å². The first-order valence-electron chi connectivity index (χ1n) is 7.38. The standard InChI is InChI=1S/C16H24N2O2/c1-17(10-11-19)13-14-6-5-7-15(12-14)16(20)18-8-3-2-4-9-18/h5-7,12,19H,2-4,8-11,13H2,1H3. The van der Waals surface area contributed by atoms with Gasteiger partial charge >= 0.3 is 0 Å². The van der Waals surface area contributed by atoms with E-state index in [0.29, 0.717) is 6.54 Å². The molecule has 0 aliphatic carbocycles. The fourth-order valence-electron chi connectivity index (χ4n) is 2.64. The van der Waals surface area contributed by atoms with Gasteiger partial charge in [-0.1, -0.05) is 12.1 Å². The zero-order valence-electron chi connectivity index (χ0n) is 12.2. The third-order valence-corrected chi connectivity index (χ3v) is 3.75. The Morgan fingerprint density at radius 2 is 2.05 bits per heavy atom. The first kappa shape index (κ1) is 15.0. The van der Waals surface area contributed by atoms with Gasteiger partial charge < -0.3 is 10.0 Å². The van der Waals surface area contributed by atoms with Crippen LogP contribution in [0, 0.1) is 0 Å². The molecular formula is C16H24N2O2. The molecule has 1 aliphatic rings. The topological polar surface area (TPSA) is 43.8 Å². The summed E-state index contributed by atoms with van der Waals surface area (Å²) in [6.07, 6.45) is 3.46. The number of likely N-dealkylation sites (tertiary alicyclic amines) is 1. The number of carbonyl (C=O) groups is 1. The maximum absolute atomic E-state index is 12.4. The molecule has 20 heavy (non-hydrogen) atoms. The van der Waals surface area contributed by atoms with Gasteiger partial charge in [0.15, 0.2) is 0 Å². The molecule has 1 amide bonds. The van der Waals surface area contributed by atoms with E-state index in [4.69, 9.17) is 5.11 Å². The summed E-state index contributed by atoms with van der Waals surface area (Å²) in [5.74, 6) is 0.149. The number of hydrogen-bond donors (Lipinski definition) is 1. The largest absolute Gasteiger partial charge is 0.395 e. The van der Waals surface area contributed by atoms with Crippen LogP contribution in [0.2, 0.25) is 0 Å². The van der Waals surface area contributed by atoms with Crippen LogP contribution in [-0.2, 0) is 6.54 Å². The van der Waals surface area contributed by atoms with E-state index in [1.165, 1.54) is 6.42 Å². The van der Waals surface area contributed by atoms with Crippen molar-refractivity contribution in [1.29, 1.82) is 0 Å². The van der Waals surface area contributed by atoms with Gasteiger partial charge in [-0.15, -0.1) is 0 Å². The number of nitrogens with zero attached hydrogens (tertiary/aromatic N) is 2. The number of likely N-dealkylation sites (N-methyl/N-ethyl adjacent to an activating group) is 1. The average molecular weight is 276 g/mol. The Hall–Kier alpha value is -1.39. The molecule has 1 aromatic carbocycles. The molecule has 0 spiro atoms. The van der Waals surface area contributed by atoms with E-state index < -0.39 is 0 Å². The Kier molecular flexibility index (Phi) is 5.56. The minimum atomic E-state index is 0.149. The molecule has 4 heteroatoms. The van der Waals surface area contributed by atoms with E-state index in [1.807, 2.05) is 41.1 Å². The molecule has 1 N–H and O–H groups in total. The molecule has 1 fully saturated rings. The Balaban J connectivity index is 2.02. The van der Waals surface area contributed by atoms with Crippen molar-refractivity contribution in [2.24, 2.45) is 0 Å². The highest BCUT2D eigenvalue weighted by Gasteiger charge is 2.18. The van der Waals surface area contributed by atoms with Gasteiger partial charge in [-0.3, -0.25) is 9.69 Å². The molecule has 0 atom stereocenters. The second-order valence-corrected chi connectivity index (χ2v) is 5.51. The van der Waals surface area contributed by atoms with Gasteiger partial charge in [-0.05, 0) is 44.0 Å². The summed E-state index contributed by atoms with van der Waals surface area (Å²) in [6, 6.07) is 7.84. The molecule has 0 aromatic heterocycles. The number of benzene rings is 1. The Morgan fingerprint density at radius 1 is 1.30 bits per heavy atom. The predicted molar refractivity (Wildman–Crippen MR) is 79.6 cm³/mol. The first-order valence-corrected chi connectivity index (χ1v) is 7.38. The number of rotatable bonds is 5. The van der Waals surface area contributed by atoms with Crippen LogP contribution in [0.4, 0.5) is 0 Å². The summed E-state index contributed by atoms with van der Waals surface area (Å²) >= 11 is 0. The van der Waals surface area contributed by atoms with Gasteiger partial charge in [0.05, 0.1) is 6.61 Å². The minimum Gasteiger partial charge on any atom is -0.395 e. The van der Waals surface area contributed by atoms with Crippen molar-refractivity contribution in [2.75, 3.05) is 33.3 Å². The molecule has 1 aromatic rings. The highest BCUT2D eigenvalue weighted by Crippen LogP contribution is 2.15. The van der Waals surface area contributed by atoms with Crippen LogP contribution < -0.4 is 0 Å². The molecule has 0 unspecified atom stereocenters. The van der Waals surface area contributed by atoms with E-state index in [1.54, 1.807) is 0 Å². The van der Waals surface area contributed by atoms with Crippen LogP contribution in [-0.4, -0.2) is 54.1 Å². The van der Waals surface area contributed by atoms with E-state index in [0.717, 1.165) is 43.6 Å². The molecule has 0 radical (unpaired) electrons. The second kappa shape index (κ2) is 7.41. The molecule has 1 saturated heterocycles. The fraction of sp³-hybridized carbons (Fsp3) is 0.562. The van der Waals surface area contributed by atoms with E-state index >= 15 is 0 Å². The SMILES string of the molecule is CN(CCO)Cc1cccc(C(=O)N2CCCCC2)c1. The van der Waals surface area contributed by atoms with E-state index in [-0.39, 0.29) is 12.5 Å². The van der Waals surface area contributed by atoms with Crippen LogP contribution in [0.5, 0.6) is 0 Å². The fourth-order valence-corrected chi connectivity index (χ4v) is 2.64.